The van der Waals surface area contributed by atoms with E-state index in [0.717, 1.165) is 11.5 Å². The molecule has 0 aromatic carbocycles. The van der Waals surface area contributed by atoms with Crippen molar-refractivity contribution in [2.24, 2.45) is 0 Å². The van der Waals surface area contributed by atoms with Crippen molar-refractivity contribution >= 4 is 11.8 Å². The highest BCUT2D eigenvalue weighted by molar-refractivity contribution is 7.97. The van der Waals surface area contributed by atoms with Gasteiger partial charge in [0.05, 0.1) is 25.1 Å². The Morgan fingerprint density at radius 3 is 1.85 bits per heavy atom. The van der Waals surface area contributed by atoms with E-state index in [-0.39, 0.29) is 0 Å². The van der Waals surface area contributed by atoms with Crippen LogP contribution in [0.3, 0.4) is 0 Å². The maximum atomic E-state index is 4.97. The molecule has 2 heterocycles. The first kappa shape index (κ1) is 8.51. The zero-order valence-corrected chi connectivity index (χ0v) is 7.92. The van der Waals surface area contributed by atoms with Gasteiger partial charge in [0.15, 0.2) is 0 Å². The van der Waals surface area contributed by atoms with Crippen molar-refractivity contribution in [2.75, 3.05) is 0 Å². The average molecular weight is 194 g/mol. The summed E-state index contributed by atoms with van der Waals surface area (Å²) in [6, 6.07) is 3.98. The largest absolute Gasteiger partial charge is 0.472 e. The molecule has 0 bridgehead atoms. The molecule has 0 aliphatic rings. The van der Waals surface area contributed by atoms with E-state index >= 15 is 0 Å². The van der Waals surface area contributed by atoms with Crippen LogP contribution in [0, 0.1) is 0 Å². The maximum absolute atomic E-state index is 4.97. The first-order chi connectivity index (χ1) is 6.45. The van der Waals surface area contributed by atoms with Crippen molar-refractivity contribution in [1.82, 2.24) is 0 Å². The van der Waals surface area contributed by atoms with Crippen molar-refractivity contribution in [3.05, 3.63) is 48.3 Å². The molecule has 13 heavy (non-hydrogen) atoms. The number of rotatable bonds is 4. The van der Waals surface area contributed by atoms with E-state index in [4.69, 9.17) is 8.83 Å². The first-order valence-corrected chi connectivity index (χ1v) is 5.20. The highest BCUT2D eigenvalue weighted by Crippen LogP contribution is 2.17. The van der Waals surface area contributed by atoms with Crippen LogP contribution in [0.25, 0.3) is 0 Å². The van der Waals surface area contributed by atoms with Crippen molar-refractivity contribution in [2.45, 2.75) is 11.5 Å². The fourth-order valence-electron chi connectivity index (χ4n) is 1.04. The van der Waals surface area contributed by atoms with E-state index in [1.165, 1.54) is 11.1 Å². The minimum atomic E-state index is 0.988. The Bertz CT molecular complexity index is 289. The smallest absolute Gasteiger partial charge is 0.0942 e. The Hall–Kier alpha value is -1.09. The normalized spacial score (nSPS) is 10.5. The summed E-state index contributed by atoms with van der Waals surface area (Å²) < 4.78 is 9.94. The second-order valence-corrected chi connectivity index (χ2v) is 3.74. The SMILES string of the molecule is c1cc(CSCc2ccoc2)co1. The number of hydrogen-bond acceptors (Lipinski definition) is 3. The lowest BCUT2D eigenvalue weighted by atomic mass is 10.4. The summed E-state index contributed by atoms with van der Waals surface area (Å²) in [5, 5.41) is 0. The summed E-state index contributed by atoms with van der Waals surface area (Å²) in [7, 11) is 0. The van der Waals surface area contributed by atoms with Gasteiger partial charge in [0.2, 0.25) is 0 Å². The molecule has 2 aromatic heterocycles. The molecule has 0 atom stereocenters. The fourth-order valence-corrected chi connectivity index (χ4v) is 1.94. The third-order valence-corrected chi connectivity index (χ3v) is 2.77. The third-order valence-electron chi connectivity index (χ3n) is 1.70. The lowest BCUT2D eigenvalue weighted by Crippen LogP contribution is -1.77. The van der Waals surface area contributed by atoms with Crippen LogP contribution in [-0.4, -0.2) is 0 Å². The molecule has 0 saturated carbocycles. The molecule has 0 spiro atoms. The minimum Gasteiger partial charge on any atom is -0.472 e. The first-order valence-electron chi connectivity index (χ1n) is 4.05. The second kappa shape index (κ2) is 4.23. The van der Waals surface area contributed by atoms with Gasteiger partial charge in [0.1, 0.15) is 0 Å². The van der Waals surface area contributed by atoms with Gasteiger partial charge in [-0.1, -0.05) is 0 Å². The Kier molecular flexibility index (Phi) is 2.77. The monoisotopic (exact) mass is 194 g/mol. The van der Waals surface area contributed by atoms with Crippen LogP contribution in [0.4, 0.5) is 0 Å². The molecule has 0 unspecified atom stereocenters. The molecule has 2 aromatic rings. The molecule has 0 amide bonds. The molecular formula is C10H10O2S. The Morgan fingerprint density at radius 2 is 1.46 bits per heavy atom. The Balaban J connectivity index is 1.76. The highest BCUT2D eigenvalue weighted by atomic mass is 32.2. The summed E-state index contributed by atoms with van der Waals surface area (Å²) in [5.74, 6) is 1.98. The zero-order chi connectivity index (χ0) is 8.93. The zero-order valence-electron chi connectivity index (χ0n) is 7.10. The topological polar surface area (TPSA) is 26.3 Å². The van der Waals surface area contributed by atoms with E-state index in [1.54, 1.807) is 25.1 Å². The van der Waals surface area contributed by atoms with E-state index < -0.39 is 0 Å². The molecule has 0 N–H and O–H groups in total. The van der Waals surface area contributed by atoms with E-state index in [9.17, 15) is 0 Å². The van der Waals surface area contributed by atoms with Crippen LogP contribution in [-0.2, 0) is 11.5 Å². The molecule has 0 fully saturated rings. The van der Waals surface area contributed by atoms with Crippen LogP contribution >= 0.6 is 11.8 Å². The molecule has 0 radical (unpaired) electrons. The van der Waals surface area contributed by atoms with Gasteiger partial charge in [-0.3, -0.25) is 0 Å². The second-order valence-electron chi connectivity index (χ2n) is 2.76. The predicted molar refractivity (Wildman–Crippen MR) is 52.4 cm³/mol. The molecule has 68 valence electrons. The van der Waals surface area contributed by atoms with Gasteiger partial charge in [-0.25, -0.2) is 0 Å². The van der Waals surface area contributed by atoms with Crippen LogP contribution in [0.5, 0.6) is 0 Å². The summed E-state index contributed by atoms with van der Waals surface area (Å²) in [6.45, 7) is 0. The number of hydrogen-bond donors (Lipinski definition) is 0. The van der Waals surface area contributed by atoms with Gasteiger partial charge in [-0.2, -0.15) is 11.8 Å². The molecule has 0 aliphatic heterocycles. The molecule has 2 rings (SSSR count). The highest BCUT2D eigenvalue weighted by Gasteiger charge is 1.97. The third kappa shape index (κ3) is 2.42. The minimum absolute atomic E-state index is 0.988. The van der Waals surface area contributed by atoms with Gasteiger partial charge in [-0.15, -0.1) is 0 Å². The van der Waals surface area contributed by atoms with Crippen molar-refractivity contribution in [3.8, 4) is 0 Å². The Morgan fingerprint density at radius 1 is 0.923 bits per heavy atom. The maximum Gasteiger partial charge on any atom is 0.0942 e. The van der Waals surface area contributed by atoms with Gasteiger partial charge < -0.3 is 8.83 Å². The fraction of sp³-hybridized carbons (Fsp3) is 0.200. The standard InChI is InChI=1S/C10H10O2S/c1-3-11-5-9(1)7-13-8-10-2-4-12-6-10/h1-6H,7-8H2. The average Bonchev–Trinajstić information content (AvgIpc) is 2.75. The van der Waals surface area contributed by atoms with Crippen molar-refractivity contribution < 1.29 is 8.83 Å². The number of furan rings is 2. The summed E-state index contributed by atoms with van der Waals surface area (Å²) in [4.78, 5) is 0. The van der Waals surface area contributed by atoms with Crippen LogP contribution in [0.2, 0.25) is 0 Å². The van der Waals surface area contributed by atoms with Gasteiger partial charge in [-0.05, 0) is 12.1 Å². The molecule has 0 aliphatic carbocycles. The molecule has 3 heteroatoms. The summed E-state index contributed by atoms with van der Waals surface area (Å²) in [5.41, 5.74) is 2.46. The summed E-state index contributed by atoms with van der Waals surface area (Å²) >= 11 is 1.85. The molecule has 0 saturated heterocycles. The predicted octanol–water partition coefficient (Wildman–Crippen LogP) is 3.31. The number of thioether (sulfide) groups is 1. The van der Waals surface area contributed by atoms with E-state index in [2.05, 4.69) is 0 Å². The lowest BCUT2D eigenvalue weighted by molar-refractivity contribution is 0.565. The van der Waals surface area contributed by atoms with Crippen LogP contribution < -0.4 is 0 Å². The van der Waals surface area contributed by atoms with Gasteiger partial charge >= 0.3 is 0 Å². The van der Waals surface area contributed by atoms with Gasteiger partial charge in [0.25, 0.3) is 0 Å². The molecular weight excluding hydrogens is 184 g/mol. The van der Waals surface area contributed by atoms with E-state index in [1.807, 2.05) is 23.9 Å². The Labute approximate surface area is 80.9 Å². The van der Waals surface area contributed by atoms with Crippen LogP contribution in [0.1, 0.15) is 11.1 Å². The van der Waals surface area contributed by atoms with Crippen LogP contribution in [0.15, 0.2) is 46.0 Å². The van der Waals surface area contributed by atoms with Crippen molar-refractivity contribution in [1.29, 1.82) is 0 Å². The van der Waals surface area contributed by atoms with Crippen molar-refractivity contribution in [3.63, 3.8) is 0 Å². The van der Waals surface area contributed by atoms with E-state index in [0.29, 0.717) is 0 Å². The lowest BCUT2D eigenvalue weighted by Gasteiger charge is -1.95. The molecule has 2 nitrogen and oxygen atoms in total. The van der Waals surface area contributed by atoms with Gasteiger partial charge in [0, 0.05) is 22.6 Å². The quantitative estimate of drug-likeness (QED) is 0.747. The summed E-state index contributed by atoms with van der Waals surface area (Å²) in [6.07, 6.45) is 6.96.